The topological polar surface area (TPSA) is 30.7 Å². The summed E-state index contributed by atoms with van der Waals surface area (Å²) >= 11 is 0. The lowest BCUT2D eigenvalue weighted by atomic mass is 10.3. The normalized spacial score (nSPS) is 15.9. The standard InChI is InChI=1S/C12H9F3N3/c13-12(14,15)11-4-3-9(7-16-11)18-6-5-10(17-18)8-1-2-8/h3-4,6-8H,1-2H2. The van der Waals surface area contributed by atoms with Gasteiger partial charge in [0.15, 0.2) is 0 Å². The van der Waals surface area contributed by atoms with Crippen molar-refractivity contribution in [2.45, 2.75) is 24.9 Å². The van der Waals surface area contributed by atoms with Gasteiger partial charge in [-0.2, -0.15) is 18.3 Å². The van der Waals surface area contributed by atoms with Crippen molar-refractivity contribution in [1.82, 2.24) is 14.8 Å². The maximum absolute atomic E-state index is 12.3. The van der Waals surface area contributed by atoms with E-state index in [-0.39, 0.29) is 0 Å². The fraction of sp³-hybridized carbons (Fsp3) is 0.333. The second-order valence-electron chi connectivity index (χ2n) is 4.28. The molecule has 2 aromatic heterocycles. The third-order valence-electron chi connectivity index (χ3n) is 2.82. The number of halogens is 3. The summed E-state index contributed by atoms with van der Waals surface area (Å²) in [5.41, 5.74) is 0.478. The van der Waals surface area contributed by atoms with Crippen LogP contribution in [-0.4, -0.2) is 14.8 Å². The lowest BCUT2D eigenvalue weighted by molar-refractivity contribution is -0.141. The molecule has 2 aromatic rings. The van der Waals surface area contributed by atoms with Crippen molar-refractivity contribution in [3.8, 4) is 5.69 Å². The molecule has 0 N–H and O–H groups in total. The fourth-order valence-corrected chi connectivity index (χ4v) is 1.68. The summed E-state index contributed by atoms with van der Waals surface area (Å²) in [7, 11) is 0. The van der Waals surface area contributed by atoms with E-state index in [1.54, 1.807) is 6.20 Å². The van der Waals surface area contributed by atoms with Crippen molar-refractivity contribution in [2.24, 2.45) is 0 Å². The molecule has 1 saturated carbocycles. The second kappa shape index (κ2) is 3.83. The minimum atomic E-state index is -4.41. The van der Waals surface area contributed by atoms with Gasteiger partial charge in [0.2, 0.25) is 0 Å². The van der Waals surface area contributed by atoms with Gasteiger partial charge in [-0.1, -0.05) is 0 Å². The summed E-state index contributed by atoms with van der Waals surface area (Å²) in [5.74, 6) is 0.466. The maximum Gasteiger partial charge on any atom is 0.433 e. The van der Waals surface area contributed by atoms with E-state index in [4.69, 9.17) is 0 Å². The molecule has 3 rings (SSSR count). The van der Waals surface area contributed by atoms with Gasteiger partial charge in [0.05, 0.1) is 17.6 Å². The zero-order chi connectivity index (χ0) is 12.8. The molecule has 0 bridgehead atoms. The van der Waals surface area contributed by atoms with Crippen molar-refractivity contribution in [3.05, 3.63) is 42.0 Å². The van der Waals surface area contributed by atoms with E-state index in [2.05, 4.69) is 16.1 Å². The van der Waals surface area contributed by atoms with Gasteiger partial charge >= 0.3 is 6.18 Å². The van der Waals surface area contributed by atoms with E-state index in [0.717, 1.165) is 24.6 Å². The third-order valence-corrected chi connectivity index (χ3v) is 2.82. The number of pyridine rings is 1. The van der Waals surface area contributed by atoms with Gasteiger partial charge in [-0.3, -0.25) is 0 Å². The number of nitrogens with zero attached hydrogens (tertiary/aromatic N) is 3. The van der Waals surface area contributed by atoms with Crippen LogP contribution in [0, 0.1) is 6.07 Å². The van der Waals surface area contributed by atoms with Crippen LogP contribution in [0.3, 0.4) is 0 Å². The van der Waals surface area contributed by atoms with Gasteiger partial charge in [-0.15, -0.1) is 0 Å². The molecule has 93 valence electrons. The highest BCUT2D eigenvalue weighted by molar-refractivity contribution is 5.30. The van der Waals surface area contributed by atoms with E-state index >= 15 is 0 Å². The minimum Gasteiger partial charge on any atom is -0.250 e. The Hall–Kier alpha value is -1.85. The van der Waals surface area contributed by atoms with Gasteiger partial charge in [-0.25, -0.2) is 9.67 Å². The van der Waals surface area contributed by atoms with Crippen LogP contribution in [0.4, 0.5) is 13.2 Å². The number of hydrogen-bond donors (Lipinski definition) is 0. The van der Waals surface area contributed by atoms with E-state index in [0.29, 0.717) is 11.6 Å². The summed E-state index contributed by atoms with van der Waals surface area (Å²) < 4.78 is 38.5. The lowest BCUT2D eigenvalue weighted by Crippen LogP contribution is -2.08. The summed E-state index contributed by atoms with van der Waals surface area (Å²) in [6.45, 7) is 0. The monoisotopic (exact) mass is 252 g/mol. The first-order valence-electron chi connectivity index (χ1n) is 5.55. The van der Waals surface area contributed by atoms with Crippen LogP contribution in [0.25, 0.3) is 5.69 Å². The molecule has 18 heavy (non-hydrogen) atoms. The van der Waals surface area contributed by atoms with Crippen LogP contribution in [0.5, 0.6) is 0 Å². The minimum absolute atomic E-state index is 0.466. The SMILES string of the molecule is FC(F)(F)c1ccc(-n2c[c]c(C3CC3)n2)cn1. The molecular weight excluding hydrogens is 243 g/mol. The molecule has 1 aliphatic rings. The number of alkyl halides is 3. The van der Waals surface area contributed by atoms with Crippen molar-refractivity contribution < 1.29 is 13.2 Å². The molecule has 0 unspecified atom stereocenters. The highest BCUT2D eigenvalue weighted by atomic mass is 19.4. The Labute approximate surface area is 101 Å². The molecule has 0 aromatic carbocycles. The lowest BCUT2D eigenvalue weighted by Gasteiger charge is -2.06. The Morgan fingerprint density at radius 1 is 1.28 bits per heavy atom. The summed E-state index contributed by atoms with van der Waals surface area (Å²) in [6.07, 6.45) is 0.601. The Bertz CT molecular complexity index is 553. The molecule has 1 fully saturated rings. The van der Waals surface area contributed by atoms with Gasteiger partial charge in [-0.05, 0) is 25.0 Å². The Morgan fingerprint density at radius 2 is 2.06 bits per heavy atom. The van der Waals surface area contributed by atoms with Crippen LogP contribution in [-0.2, 0) is 6.18 Å². The molecule has 0 spiro atoms. The Kier molecular flexibility index (Phi) is 2.39. The quantitative estimate of drug-likeness (QED) is 0.822. The molecule has 0 amide bonds. The highest BCUT2D eigenvalue weighted by Crippen LogP contribution is 2.38. The van der Waals surface area contributed by atoms with Gasteiger partial charge < -0.3 is 0 Å². The van der Waals surface area contributed by atoms with E-state index in [9.17, 15) is 13.2 Å². The van der Waals surface area contributed by atoms with Crippen LogP contribution < -0.4 is 0 Å². The predicted octanol–water partition coefficient (Wildman–Crippen LogP) is 2.96. The average molecular weight is 252 g/mol. The molecule has 0 atom stereocenters. The fourth-order valence-electron chi connectivity index (χ4n) is 1.68. The number of aromatic nitrogens is 3. The van der Waals surface area contributed by atoms with E-state index in [1.807, 2.05) is 0 Å². The molecule has 1 radical (unpaired) electrons. The Morgan fingerprint density at radius 3 is 2.61 bits per heavy atom. The molecule has 3 nitrogen and oxygen atoms in total. The summed E-state index contributed by atoms with van der Waals surface area (Å²) in [5, 5.41) is 4.27. The molecule has 1 aliphatic carbocycles. The predicted molar refractivity (Wildman–Crippen MR) is 57.2 cm³/mol. The van der Waals surface area contributed by atoms with Gasteiger partial charge in [0, 0.05) is 18.2 Å². The van der Waals surface area contributed by atoms with E-state index < -0.39 is 11.9 Å². The first-order valence-corrected chi connectivity index (χ1v) is 5.55. The maximum atomic E-state index is 12.3. The zero-order valence-electron chi connectivity index (χ0n) is 9.28. The van der Waals surface area contributed by atoms with Gasteiger partial charge in [0.25, 0.3) is 0 Å². The second-order valence-corrected chi connectivity index (χ2v) is 4.28. The third kappa shape index (κ3) is 2.10. The molecule has 6 heteroatoms. The smallest absolute Gasteiger partial charge is 0.250 e. The molecule has 2 heterocycles. The van der Waals surface area contributed by atoms with Crippen LogP contribution in [0.1, 0.15) is 30.1 Å². The van der Waals surface area contributed by atoms with Crippen molar-refractivity contribution in [3.63, 3.8) is 0 Å². The zero-order valence-corrected chi connectivity index (χ0v) is 9.28. The number of rotatable bonds is 2. The number of hydrogen-bond acceptors (Lipinski definition) is 2. The molecular formula is C12H9F3N3. The largest absolute Gasteiger partial charge is 0.433 e. The average Bonchev–Trinajstić information content (AvgIpc) is 3.06. The summed E-state index contributed by atoms with van der Waals surface area (Å²) in [6, 6.07) is 5.32. The Balaban J connectivity index is 1.87. The summed E-state index contributed by atoms with van der Waals surface area (Å²) in [4.78, 5) is 3.40. The van der Waals surface area contributed by atoms with Crippen LogP contribution in [0.2, 0.25) is 0 Å². The van der Waals surface area contributed by atoms with Crippen LogP contribution >= 0.6 is 0 Å². The van der Waals surface area contributed by atoms with Gasteiger partial charge in [0.1, 0.15) is 5.69 Å². The highest BCUT2D eigenvalue weighted by Gasteiger charge is 2.32. The van der Waals surface area contributed by atoms with Crippen LogP contribution in [0.15, 0.2) is 24.5 Å². The van der Waals surface area contributed by atoms with Crippen molar-refractivity contribution in [2.75, 3.05) is 0 Å². The van der Waals surface area contributed by atoms with Crippen molar-refractivity contribution in [1.29, 1.82) is 0 Å². The molecule has 0 saturated heterocycles. The van der Waals surface area contributed by atoms with Crippen molar-refractivity contribution >= 4 is 0 Å². The first-order chi connectivity index (χ1) is 8.54. The van der Waals surface area contributed by atoms with E-state index in [1.165, 1.54) is 16.9 Å². The first kappa shape index (κ1) is 11.3. The molecule has 0 aliphatic heterocycles.